The molecule has 0 bridgehead atoms. The van der Waals surface area contributed by atoms with Gasteiger partial charge in [-0.25, -0.2) is 0 Å². The van der Waals surface area contributed by atoms with Crippen molar-refractivity contribution in [2.45, 2.75) is 6.92 Å². The summed E-state index contributed by atoms with van der Waals surface area (Å²) in [4.78, 5) is 37.5. The molecule has 2 heterocycles. The number of thiocarbonyl (C=S) groups is 1. The van der Waals surface area contributed by atoms with Crippen molar-refractivity contribution >= 4 is 46.6 Å². The fourth-order valence-corrected chi connectivity index (χ4v) is 3.59. The Hall–Kier alpha value is -4.11. The molecular formula is C22H16N4O4S. The first-order valence-electron chi connectivity index (χ1n) is 9.26. The second-order valence-electron chi connectivity index (χ2n) is 6.82. The number of aryl methyl sites for hydroxylation is 1. The molecule has 0 saturated carbocycles. The maximum atomic E-state index is 13.2. The summed E-state index contributed by atoms with van der Waals surface area (Å²) in [7, 11) is 0. The number of hydrogen-bond acceptors (Lipinski definition) is 5. The Kier molecular flexibility index (Phi) is 5.18. The molecule has 0 unspecified atom stereocenters. The van der Waals surface area contributed by atoms with Crippen LogP contribution in [-0.2, 0) is 9.59 Å². The van der Waals surface area contributed by atoms with Crippen molar-refractivity contribution in [3.63, 3.8) is 0 Å². The van der Waals surface area contributed by atoms with Gasteiger partial charge in [-0.15, -0.1) is 0 Å². The predicted molar refractivity (Wildman–Crippen MR) is 120 cm³/mol. The van der Waals surface area contributed by atoms with Gasteiger partial charge in [-0.3, -0.25) is 29.9 Å². The fraction of sp³-hybridized carbons (Fsp3) is 0.0455. The van der Waals surface area contributed by atoms with Crippen molar-refractivity contribution in [3.8, 4) is 5.69 Å². The van der Waals surface area contributed by atoms with E-state index in [2.05, 4.69) is 5.32 Å². The van der Waals surface area contributed by atoms with Gasteiger partial charge in [0.2, 0.25) is 0 Å². The van der Waals surface area contributed by atoms with E-state index in [1.54, 1.807) is 47.2 Å². The van der Waals surface area contributed by atoms with Crippen molar-refractivity contribution in [2.24, 2.45) is 0 Å². The molecule has 1 N–H and O–H groups in total. The van der Waals surface area contributed by atoms with Crippen LogP contribution in [0.3, 0.4) is 0 Å². The van der Waals surface area contributed by atoms with E-state index < -0.39 is 16.7 Å². The van der Waals surface area contributed by atoms with E-state index in [0.717, 1.165) is 5.56 Å². The first-order chi connectivity index (χ1) is 14.9. The highest BCUT2D eigenvalue weighted by Crippen LogP contribution is 2.26. The summed E-state index contributed by atoms with van der Waals surface area (Å²) in [6, 6.07) is 16.7. The van der Waals surface area contributed by atoms with Crippen LogP contribution in [0, 0.1) is 17.0 Å². The molecule has 154 valence electrons. The maximum absolute atomic E-state index is 13.2. The third-order valence-electron chi connectivity index (χ3n) is 4.87. The van der Waals surface area contributed by atoms with Crippen molar-refractivity contribution in [2.75, 3.05) is 4.90 Å². The molecule has 2 amide bonds. The first kappa shape index (κ1) is 20.2. The number of benzene rings is 2. The molecule has 1 aliphatic heterocycles. The van der Waals surface area contributed by atoms with Crippen molar-refractivity contribution in [1.82, 2.24) is 9.88 Å². The van der Waals surface area contributed by atoms with Gasteiger partial charge in [0.1, 0.15) is 5.57 Å². The van der Waals surface area contributed by atoms with Crippen LogP contribution in [0.2, 0.25) is 0 Å². The van der Waals surface area contributed by atoms with Crippen molar-refractivity contribution in [1.29, 1.82) is 0 Å². The average molecular weight is 432 g/mol. The third kappa shape index (κ3) is 3.74. The monoisotopic (exact) mass is 432 g/mol. The fourth-order valence-electron chi connectivity index (χ4n) is 3.32. The van der Waals surface area contributed by atoms with E-state index in [4.69, 9.17) is 12.2 Å². The molecule has 1 fully saturated rings. The Bertz CT molecular complexity index is 1260. The van der Waals surface area contributed by atoms with E-state index in [1.165, 1.54) is 23.1 Å². The summed E-state index contributed by atoms with van der Waals surface area (Å²) >= 11 is 5.25. The molecule has 0 aliphatic carbocycles. The number of rotatable bonds is 4. The van der Waals surface area contributed by atoms with Crippen LogP contribution in [0.25, 0.3) is 11.8 Å². The van der Waals surface area contributed by atoms with Gasteiger partial charge in [0.25, 0.3) is 17.5 Å². The summed E-state index contributed by atoms with van der Waals surface area (Å²) in [5.41, 5.74) is 2.54. The van der Waals surface area contributed by atoms with Crippen LogP contribution in [0.4, 0.5) is 11.4 Å². The van der Waals surface area contributed by atoms with Crippen LogP contribution in [0.15, 0.2) is 72.4 Å². The van der Waals surface area contributed by atoms with Gasteiger partial charge in [0, 0.05) is 29.7 Å². The lowest BCUT2D eigenvalue weighted by Gasteiger charge is -2.30. The van der Waals surface area contributed by atoms with Crippen molar-refractivity contribution < 1.29 is 14.5 Å². The van der Waals surface area contributed by atoms with Crippen LogP contribution in [0.5, 0.6) is 0 Å². The smallest absolute Gasteiger partial charge is 0.270 e. The van der Waals surface area contributed by atoms with E-state index in [0.29, 0.717) is 17.1 Å². The second-order valence-corrected chi connectivity index (χ2v) is 7.21. The molecule has 1 saturated heterocycles. The number of amides is 2. The SMILES string of the molecule is Cc1ccccc1N1C(=O)C(=Cc2cccn2-c2ccc([N+](=O)[O-])cc2)C(=O)NC1=S. The summed E-state index contributed by atoms with van der Waals surface area (Å²) in [5.74, 6) is -1.12. The molecule has 9 heteroatoms. The van der Waals surface area contributed by atoms with Gasteiger partial charge < -0.3 is 4.57 Å². The molecule has 4 rings (SSSR count). The van der Waals surface area contributed by atoms with E-state index in [1.807, 2.05) is 19.1 Å². The minimum absolute atomic E-state index is 0.0206. The van der Waals surface area contributed by atoms with Gasteiger partial charge in [-0.2, -0.15) is 0 Å². The molecule has 1 aliphatic rings. The normalized spacial score (nSPS) is 15.3. The van der Waals surface area contributed by atoms with Gasteiger partial charge in [0.05, 0.1) is 10.6 Å². The lowest BCUT2D eigenvalue weighted by molar-refractivity contribution is -0.384. The Labute approximate surface area is 182 Å². The third-order valence-corrected chi connectivity index (χ3v) is 5.15. The van der Waals surface area contributed by atoms with Crippen LogP contribution < -0.4 is 10.2 Å². The number of anilines is 1. The zero-order valence-electron chi connectivity index (χ0n) is 16.3. The Morgan fingerprint density at radius 1 is 1.03 bits per heavy atom. The molecule has 2 aromatic carbocycles. The molecule has 3 aromatic rings. The second kappa shape index (κ2) is 7.96. The van der Waals surface area contributed by atoms with Gasteiger partial charge >= 0.3 is 0 Å². The molecular weight excluding hydrogens is 416 g/mol. The highest BCUT2D eigenvalue weighted by atomic mass is 32.1. The number of nitrogens with one attached hydrogen (secondary N) is 1. The lowest BCUT2D eigenvalue weighted by Crippen LogP contribution is -2.54. The summed E-state index contributed by atoms with van der Waals surface area (Å²) in [5, 5.41) is 13.5. The number of nitrogens with zero attached hydrogens (tertiary/aromatic N) is 3. The zero-order chi connectivity index (χ0) is 22.1. The summed E-state index contributed by atoms with van der Waals surface area (Å²) < 4.78 is 1.72. The number of hydrogen-bond donors (Lipinski definition) is 1. The van der Waals surface area contributed by atoms with Gasteiger partial charge in [-0.05, 0) is 61.1 Å². The van der Waals surface area contributed by atoms with Crippen molar-refractivity contribution in [3.05, 3.63) is 93.8 Å². The molecule has 8 nitrogen and oxygen atoms in total. The predicted octanol–water partition coefficient (Wildman–Crippen LogP) is 3.53. The molecule has 0 atom stereocenters. The number of carbonyl (C=O) groups excluding carboxylic acids is 2. The van der Waals surface area contributed by atoms with Crippen LogP contribution >= 0.6 is 12.2 Å². The quantitative estimate of drug-likeness (QED) is 0.224. The maximum Gasteiger partial charge on any atom is 0.270 e. The topological polar surface area (TPSA) is 97.5 Å². The van der Waals surface area contributed by atoms with E-state index in [-0.39, 0.29) is 16.4 Å². The largest absolute Gasteiger partial charge is 0.317 e. The summed E-state index contributed by atoms with van der Waals surface area (Å²) in [6.45, 7) is 1.85. The van der Waals surface area contributed by atoms with E-state index >= 15 is 0 Å². The number of non-ortho nitro benzene ring substituents is 1. The van der Waals surface area contributed by atoms with Gasteiger partial charge in [-0.1, -0.05) is 18.2 Å². The highest BCUT2D eigenvalue weighted by Gasteiger charge is 2.35. The minimum atomic E-state index is -0.587. The lowest BCUT2D eigenvalue weighted by atomic mass is 10.1. The van der Waals surface area contributed by atoms with Crippen LogP contribution in [0.1, 0.15) is 11.3 Å². The summed E-state index contributed by atoms with van der Waals surface area (Å²) in [6.07, 6.45) is 3.22. The Balaban J connectivity index is 1.73. The first-order valence-corrected chi connectivity index (χ1v) is 9.67. The molecule has 0 radical (unpaired) electrons. The number of para-hydroxylation sites is 1. The number of aromatic nitrogens is 1. The van der Waals surface area contributed by atoms with Gasteiger partial charge in [0.15, 0.2) is 5.11 Å². The molecule has 0 spiro atoms. The Morgan fingerprint density at radius 2 is 1.74 bits per heavy atom. The van der Waals surface area contributed by atoms with E-state index in [9.17, 15) is 19.7 Å². The van der Waals surface area contributed by atoms with Crippen LogP contribution in [-0.4, -0.2) is 26.4 Å². The average Bonchev–Trinajstić information content (AvgIpc) is 3.20. The number of nitro benzene ring substituents is 1. The number of nitro groups is 1. The Morgan fingerprint density at radius 3 is 2.42 bits per heavy atom. The number of carbonyl (C=O) groups is 2. The molecule has 1 aromatic heterocycles. The minimum Gasteiger partial charge on any atom is -0.317 e. The standard InChI is InChI=1S/C22H16N4O4S/c1-14-5-2-3-7-19(14)25-21(28)18(20(27)23-22(25)31)13-17-6-4-12-24(17)15-8-10-16(11-9-15)26(29)30/h2-13H,1H3,(H,23,27,31). The molecule has 31 heavy (non-hydrogen) atoms. The highest BCUT2D eigenvalue weighted by molar-refractivity contribution is 7.80. The zero-order valence-corrected chi connectivity index (χ0v) is 17.1.